The third-order valence-corrected chi connectivity index (χ3v) is 4.88. The molecule has 2 aromatic carbocycles. The van der Waals surface area contributed by atoms with E-state index in [4.69, 9.17) is 18.6 Å². The molecular weight excluding hydrogens is 368 g/mol. The quantitative estimate of drug-likeness (QED) is 0.460. The van der Waals surface area contributed by atoms with Crippen LogP contribution in [0.3, 0.4) is 0 Å². The zero-order valence-corrected chi connectivity index (χ0v) is 17.8. The average molecular weight is 396 g/mol. The van der Waals surface area contributed by atoms with Crippen LogP contribution in [0.5, 0.6) is 17.2 Å². The molecule has 0 saturated heterocycles. The molecule has 5 heteroatoms. The smallest absolute Gasteiger partial charge is 0.190 e. The Morgan fingerprint density at radius 3 is 2.28 bits per heavy atom. The summed E-state index contributed by atoms with van der Waals surface area (Å²) in [6.07, 6.45) is 2.05. The lowest BCUT2D eigenvalue weighted by Gasteiger charge is -2.12. The lowest BCUT2D eigenvalue weighted by atomic mass is 10.1. The van der Waals surface area contributed by atoms with Crippen molar-refractivity contribution < 1.29 is 18.6 Å². The Labute approximate surface area is 171 Å². The van der Waals surface area contributed by atoms with Crippen molar-refractivity contribution in [2.24, 2.45) is 0 Å². The molecule has 0 bridgehead atoms. The highest BCUT2D eigenvalue weighted by molar-refractivity contribution is 5.93. The molecule has 1 aromatic heterocycles. The van der Waals surface area contributed by atoms with Gasteiger partial charge in [-0.2, -0.15) is 0 Å². The van der Waals surface area contributed by atoms with Crippen LogP contribution in [-0.2, 0) is 0 Å². The molecule has 29 heavy (non-hydrogen) atoms. The van der Waals surface area contributed by atoms with Crippen LogP contribution in [0.4, 0.5) is 0 Å². The van der Waals surface area contributed by atoms with Crippen molar-refractivity contribution in [1.82, 2.24) is 0 Å². The standard InChI is InChI=1S/C24H28O5/c1-6-8-11-28-20-10-9-17(13-21(20)26-5)18-12-19(25)23-15(3)29-16(4)24(23)22(14-18)27-7-2/h9-10,12-14H,6-8,11H2,1-5H3. The van der Waals surface area contributed by atoms with Gasteiger partial charge in [-0.1, -0.05) is 19.4 Å². The Balaban J connectivity index is 2.16. The maximum atomic E-state index is 13.0. The minimum atomic E-state index is -0.0995. The second-order valence-corrected chi connectivity index (χ2v) is 6.94. The van der Waals surface area contributed by atoms with Crippen LogP contribution in [0.1, 0.15) is 38.2 Å². The molecule has 0 amide bonds. The predicted molar refractivity (Wildman–Crippen MR) is 116 cm³/mol. The third kappa shape index (κ3) is 4.24. The summed E-state index contributed by atoms with van der Waals surface area (Å²) in [6, 6.07) is 9.22. The Kier molecular flexibility index (Phi) is 6.47. The molecule has 0 fully saturated rings. The third-order valence-electron chi connectivity index (χ3n) is 4.88. The fourth-order valence-electron chi connectivity index (χ4n) is 3.47. The molecule has 5 nitrogen and oxygen atoms in total. The van der Waals surface area contributed by atoms with Crippen LogP contribution in [0.2, 0.25) is 0 Å². The van der Waals surface area contributed by atoms with Gasteiger partial charge in [-0.05, 0) is 62.6 Å². The lowest BCUT2D eigenvalue weighted by molar-refractivity contribution is 0.288. The molecule has 1 heterocycles. The largest absolute Gasteiger partial charge is 0.493 e. The Hall–Kier alpha value is -2.95. The fourth-order valence-corrected chi connectivity index (χ4v) is 3.47. The van der Waals surface area contributed by atoms with Gasteiger partial charge in [0, 0.05) is 0 Å². The van der Waals surface area contributed by atoms with E-state index in [1.165, 1.54) is 0 Å². The topological polar surface area (TPSA) is 57.9 Å². The van der Waals surface area contributed by atoms with Crippen molar-refractivity contribution in [2.75, 3.05) is 20.3 Å². The first kappa shape index (κ1) is 20.8. The summed E-state index contributed by atoms with van der Waals surface area (Å²) in [6.45, 7) is 8.83. The summed E-state index contributed by atoms with van der Waals surface area (Å²) in [5, 5.41) is 1.29. The van der Waals surface area contributed by atoms with Gasteiger partial charge in [-0.15, -0.1) is 0 Å². The highest BCUT2D eigenvalue weighted by Crippen LogP contribution is 2.36. The highest BCUT2D eigenvalue weighted by atomic mass is 16.5. The number of ether oxygens (including phenoxy) is 3. The van der Waals surface area contributed by atoms with Crippen LogP contribution in [0.15, 0.2) is 39.5 Å². The molecule has 0 atom stereocenters. The molecule has 0 aliphatic carbocycles. The van der Waals surface area contributed by atoms with Gasteiger partial charge in [0.25, 0.3) is 0 Å². The normalized spacial score (nSPS) is 10.9. The van der Waals surface area contributed by atoms with Crippen LogP contribution in [0, 0.1) is 13.8 Å². The Morgan fingerprint density at radius 1 is 0.862 bits per heavy atom. The van der Waals surface area contributed by atoms with Crippen molar-refractivity contribution in [2.45, 2.75) is 40.5 Å². The van der Waals surface area contributed by atoms with E-state index in [-0.39, 0.29) is 5.43 Å². The summed E-state index contributed by atoms with van der Waals surface area (Å²) in [5.41, 5.74) is 1.51. The van der Waals surface area contributed by atoms with Gasteiger partial charge in [0.15, 0.2) is 16.9 Å². The van der Waals surface area contributed by atoms with Crippen LogP contribution < -0.4 is 19.6 Å². The summed E-state index contributed by atoms with van der Waals surface area (Å²) in [4.78, 5) is 13.0. The van der Waals surface area contributed by atoms with E-state index < -0.39 is 0 Å². The molecule has 0 spiro atoms. The van der Waals surface area contributed by atoms with Crippen molar-refractivity contribution in [3.8, 4) is 28.4 Å². The molecule has 3 rings (SSSR count). The van der Waals surface area contributed by atoms with Gasteiger partial charge in [0.2, 0.25) is 0 Å². The minimum Gasteiger partial charge on any atom is -0.493 e. The molecule has 0 radical (unpaired) electrons. The fraction of sp³-hybridized carbons (Fsp3) is 0.375. The zero-order valence-electron chi connectivity index (χ0n) is 17.8. The van der Waals surface area contributed by atoms with E-state index in [0.717, 1.165) is 29.4 Å². The highest BCUT2D eigenvalue weighted by Gasteiger charge is 2.17. The van der Waals surface area contributed by atoms with Gasteiger partial charge in [-0.3, -0.25) is 4.79 Å². The molecular formula is C24H28O5. The number of benzene rings is 1. The van der Waals surface area contributed by atoms with E-state index in [0.29, 0.717) is 47.4 Å². The summed E-state index contributed by atoms with van der Waals surface area (Å²) in [5.74, 6) is 3.25. The van der Waals surface area contributed by atoms with Crippen molar-refractivity contribution in [3.05, 3.63) is 52.1 Å². The predicted octanol–water partition coefficient (Wildman–Crippen LogP) is 5.66. The number of unbranched alkanes of at least 4 members (excludes halogenated alkanes) is 1. The number of methoxy groups -OCH3 is 1. The molecule has 0 aliphatic heterocycles. The number of furan rings is 1. The zero-order chi connectivity index (χ0) is 21.0. The Morgan fingerprint density at radius 2 is 1.59 bits per heavy atom. The molecule has 154 valence electrons. The molecule has 3 aromatic rings. The van der Waals surface area contributed by atoms with Gasteiger partial charge in [-0.25, -0.2) is 0 Å². The van der Waals surface area contributed by atoms with Crippen molar-refractivity contribution in [1.29, 1.82) is 0 Å². The summed E-state index contributed by atoms with van der Waals surface area (Å²) in [7, 11) is 1.62. The number of aryl methyl sites for hydroxylation is 2. The molecule has 0 N–H and O–H groups in total. The number of hydrogen-bond acceptors (Lipinski definition) is 5. The van der Waals surface area contributed by atoms with E-state index in [1.54, 1.807) is 20.1 Å². The van der Waals surface area contributed by atoms with Gasteiger partial charge in [0.1, 0.15) is 17.3 Å². The lowest BCUT2D eigenvalue weighted by Crippen LogP contribution is -1.99. The molecule has 0 aliphatic rings. The maximum absolute atomic E-state index is 13.0. The van der Waals surface area contributed by atoms with E-state index in [9.17, 15) is 4.79 Å². The van der Waals surface area contributed by atoms with Crippen LogP contribution in [0.25, 0.3) is 21.9 Å². The maximum Gasteiger partial charge on any atom is 0.190 e. The monoisotopic (exact) mass is 396 g/mol. The number of rotatable bonds is 8. The van der Waals surface area contributed by atoms with E-state index >= 15 is 0 Å². The van der Waals surface area contributed by atoms with E-state index in [1.807, 2.05) is 38.1 Å². The second kappa shape index (κ2) is 9.03. The number of hydrogen-bond donors (Lipinski definition) is 0. The first-order valence-corrected chi connectivity index (χ1v) is 10.0. The second-order valence-electron chi connectivity index (χ2n) is 6.94. The van der Waals surface area contributed by atoms with Gasteiger partial charge >= 0.3 is 0 Å². The average Bonchev–Trinajstić information content (AvgIpc) is 2.91. The first-order valence-electron chi connectivity index (χ1n) is 10.0. The SMILES string of the molecule is CCCCOc1ccc(-c2cc(OCC)c3c(C)oc(C)c3c(=O)c2)cc1OC. The number of fused-ring (bicyclic) bond motifs is 1. The molecule has 0 saturated carbocycles. The van der Waals surface area contributed by atoms with Gasteiger partial charge in [0.05, 0.1) is 31.1 Å². The Bertz CT molecular complexity index is 1070. The van der Waals surface area contributed by atoms with Crippen LogP contribution >= 0.6 is 0 Å². The van der Waals surface area contributed by atoms with Crippen LogP contribution in [-0.4, -0.2) is 20.3 Å². The van der Waals surface area contributed by atoms with Gasteiger partial charge < -0.3 is 18.6 Å². The molecule has 0 unspecified atom stereocenters. The first-order chi connectivity index (χ1) is 14.0. The van der Waals surface area contributed by atoms with E-state index in [2.05, 4.69) is 6.92 Å². The summed E-state index contributed by atoms with van der Waals surface area (Å²) >= 11 is 0. The minimum absolute atomic E-state index is 0.0995. The van der Waals surface area contributed by atoms with Crippen molar-refractivity contribution >= 4 is 10.8 Å². The van der Waals surface area contributed by atoms with Crippen molar-refractivity contribution in [3.63, 3.8) is 0 Å². The summed E-state index contributed by atoms with van der Waals surface area (Å²) < 4.78 is 22.9.